The average Bonchev–Trinajstić information content (AvgIpc) is 3.74. The Hall–Kier alpha value is -3.35. The van der Waals surface area contributed by atoms with Gasteiger partial charge in [0.05, 0.1) is 5.92 Å². The van der Waals surface area contributed by atoms with Crippen molar-refractivity contribution in [3.05, 3.63) is 59.7 Å². The molecule has 0 bridgehead atoms. The molecule has 0 spiro atoms. The van der Waals surface area contributed by atoms with E-state index >= 15 is 0 Å². The van der Waals surface area contributed by atoms with Crippen molar-refractivity contribution in [3.63, 3.8) is 0 Å². The van der Waals surface area contributed by atoms with Gasteiger partial charge in [0.15, 0.2) is 0 Å². The summed E-state index contributed by atoms with van der Waals surface area (Å²) in [5.41, 5.74) is 4.59. The second-order valence-corrected chi connectivity index (χ2v) is 9.39. The fourth-order valence-electron chi connectivity index (χ4n) is 4.83. The van der Waals surface area contributed by atoms with Crippen molar-refractivity contribution in [2.24, 2.45) is 17.8 Å². The van der Waals surface area contributed by atoms with Gasteiger partial charge in [-0.2, -0.15) is 0 Å². The lowest BCUT2D eigenvalue weighted by Gasteiger charge is -2.20. The first-order valence-electron chi connectivity index (χ1n) is 11.6. The Bertz CT molecular complexity index is 1030. The molecule has 0 saturated heterocycles. The molecule has 3 atom stereocenters. The molecular weight excluding hydrogens is 420 g/mol. The van der Waals surface area contributed by atoms with Crippen LogP contribution in [0.1, 0.15) is 42.7 Å². The molecule has 3 N–H and O–H groups in total. The molecule has 2 aromatic carbocycles. The number of rotatable bonds is 9. The summed E-state index contributed by atoms with van der Waals surface area (Å²) in [6, 6.07) is 15.6. The first-order chi connectivity index (χ1) is 16.0. The number of hydrogen-bond donors (Lipinski definition) is 3. The number of amides is 2. The van der Waals surface area contributed by atoms with Gasteiger partial charge in [0.1, 0.15) is 12.6 Å². The summed E-state index contributed by atoms with van der Waals surface area (Å²) in [5, 5.41) is 14.6. The Morgan fingerprint density at radius 1 is 1.00 bits per heavy atom. The maximum atomic E-state index is 12.7. The first kappa shape index (κ1) is 21.5. The van der Waals surface area contributed by atoms with E-state index in [-0.39, 0.29) is 30.3 Å². The predicted octanol–water partition coefficient (Wildman–Crippen LogP) is 3.53. The normalized spacial score (nSPS) is 21.5. The van der Waals surface area contributed by atoms with E-state index in [9.17, 15) is 14.4 Å². The third kappa shape index (κ3) is 4.72. The van der Waals surface area contributed by atoms with Crippen molar-refractivity contribution >= 4 is 18.0 Å². The van der Waals surface area contributed by atoms with Gasteiger partial charge in [0.2, 0.25) is 5.91 Å². The zero-order valence-corrected chi connectivity index (χ0v) is 18.3. The van der Waals surface area contributed by atoms with E-state index < -0.39 is 18.1 Å². The molecule has 0 heterocycles. The highest BCUT2D eigenvalue weighted by Gasteiger charge is 2.43. The van der Waals surface area contributed by atoms with Crippen molar-refractivity contribution in [2.45, 2.75) is 37.6 Å². The number of ether oxygens (including phenoxy) is 1. The number of hydrogen-bond acceptors (Lipinski definition) is 4. The molecule has 33 heavy (non-hydrogen) atoms. The minimum atomic E-state index is -0.819. The number of fused-ring (bicyclic) bond motifs is 3. The van der Waals surface area contributed by atoms with Gasteiger partial charge in [-0.05, 0) is 46.9 Å². The zero-order chi connectivity index (χ0) is 22.9. The topological polar surface area (TPSA) is 105 Å². The molecule has 0 aliphatic heterocycles. The Labute approximate surface area is 192 Å². The molecule has 0 aromatic heterocycles. The Kier molecular flexibility index (Phi) is 5.79. The van der Waals surface area contributed by atoms with Crippen molar-refractivity contribution < 1.29 is 24.2 Å². The molecule has 2 saturated carbocycles. The van der Waals surface area contributed by atoms with Gasteiger partial charge in [-0.1, -0.05) is 61.4 Å². The van der Waals surface area contributed by atoms with Gasteiger partial charge in [0.25, 0.3) is 0 Å². The van der Waals surface area contributed by atoms with Crippen LogP contribution in [0.4, 0.5) is 4.79 Å². The summed E-state index contributed by atoms with van der Waals surface area (Å²) < 4.78 is 5.60. The van der Waals surface area contributed by atoms with Crippen LogP contribution < -0.4 is 10.6 Å². The Morgan fingerprint density at radius 2 is 1.64 bits per heavy atom. The number of alkyl carbamates (subject to hydrolysis) is 1. The number of carboxylic acid groups (broad SMARTS) is 1. The third-order valence-electron chi connectivity index (χ3n) is 7.00. The maximum Gasteiger partial charge on any atom is 0.407 e. The molecule has 2 fully saturated rings. The van der Waals surface area contributed by atoms with Gasteiger partial charge >= 0.3 is 12.1 Å². The van der Waals surface area contributed by atoms with E-state index in [0.29, 0.717) is 25.3 Å². The minimum absolute atomic E-state index is 0.0255. The fraction of sp³-hybridized carbons (Fsp3) is 0.423. The van der Waals surface area contributed by atoms with Gasteiger partial charge < -0.3 is 20.5 Å². The van der Waals surface area contributed by atoms with Crippen LogP contribution in [0.2, 0.25) is 0 Å². The van der Waals surface area contributed by atoms with Gasteiger partial charge in [-0.3, -0.25) is 9.59 Å². The Balaban J connectivity index is 1.18. The van der Waals surface area contributed by atoms with Crippen LogP contribution in [0.3, 0.4) is 0 Å². The SMILES string of the molecule is O=C(N[C@@H](CC1CC1)C(=O)NC[C@H]1C[C@H]1C(=O)O)OCC1c2ccccc2-c2ccccc21. The molecule has 0 radical (unpaired) electrons. The molecule has 3 aliphatic carbocycles. The van der Waals surface area contributed by atoms with Crippen molar-refractivity contribution in [1.82, 2.24) is 10.6 Å². The van der Waals surface area contributed by atoms with Crippen LogP contribution >= 0.6 is 0 Å². The first-order valence-corrected chi connectivity index (χ1v) is 11.6. The number of nitrogens with one attached hydrogen (secondary N) is 2. The van der Waals surface area contributed by atoms with Crippen LogP contribution in [0.25, 0.3) is 11.1 Å². The number of carbonyl (C=O) groups excluding carboxylic acids is 2. The monoisotopic (exact) mass is 448 g/mol. The largest absolute Gasteiger partial charge is 0.481 e. The summed E-state index contributed by atoms with van der Waals surface area (Å²) in [5.74, 6) is -1.10. The van der Waals surface area contributed by atoms with Crippen LogP contribution in [0, 0.1) is 17.8 Å². The van der Waals surface area contributed by atoms with E-state index in [4.69, 9.17) is 9.84 Å². The minimum Gasteiger partial charge on any atom is -0.481 e. The number of carbonyl (C=O) groups is 3. The zero-order valence-electron chi connectivity index (χ0n) is 18.3. The fourth-order valence-corrected chi connectivity index (χ4v) is 4.83. The van der Waals surface area contributed by atoms with E-state index in [2.05, 4.69) is 34.9 Å². The molecule has 2 aromatic rings. The van der Waals surface area contributed by atoms with Crippen molar-refractivity contribution in [2.75, 3.05) is 13.2 Å². The lowest BCUT2D eigenvalue weighted by atomic mass is 9.98. The third-order valence-corrected chi connectivity index (χ3v) is 7.00. The summed E-state index contributed by atoms with van der Waals surface area (Å²) in [6.45, 7) is 0.517. The van der Waals surface area contributed by atoms with E-state index in [1.54, 1.807) is 0 Å². The van der Waals surface area contributed by atoms with Gasteiger partial charge in [-0.15, -0.1) is 0 Å². The molecule has 0 unspecified atom stereocenters. The predicted molar refractivity (Wildman–Crippen MR) is 122 cm³/mol. The molecule has 172 valence electrons. The van der Waals surface area contributed by atoms with Crippen LogP contribution in [-0.4, -0.2) is 42.3 Å². The second kappa shape index (κ2) is 8.89. The highest BCUT2D eigenvalue weighted by atomic mass is 16.5. The van der Waals surface area contributed by atoms with E-state index in [1.807, 2.05) is 24.3 Å². The summed E-state index contributed by atoms with van der Waals surface area (Å²) in [4.78, 5) is 36.3. The van der Waals surface area contributed by atoms with Crippen LogP contribution in [-0.2, 0) is 14.3 Å². The quantitative estimate of drug-likeness (QED) is 0.544. The Morgan fingerprint density at radius 3 is 2.21 bits per heavy atom. The number of benzene rings is 2. The van der Waals surface area contributed by atoms with Crippen molar-refractivity contribution in [3.8, 4) is 11.1 Å². The lowest BCUT2D eigenvalue weighted by molar-refractivity contribution is -0.139. The van der Waals surface area contributed by atoms with E-state index in [1.165, 1.54) is 0 Å². The molecule has 7 heteroatoms. The molecule has 3 aliphatic rings. The molecule has 5 rings (SSSR count). The van der Waals surface area contributed by atoms with E-state index in [0.717, 1.165) is 35.1 Å². The molecular formula is C26H28N2O5. The molecule has 7 nitrogen and oxygen atoms in total. The second-order valence-electron chi connectivity index (χ2n) is 9.39. The van der Waals surface area contributed by atoms with Crippen molar-refractivity contribution in [1.29, 1.82) is 0 Å². The number of carboxylic acids is 1. The standard InChI is InChI=1S/C26H28N2O5/c29-24(27-13-16-12-21(16)25(30)31)23(11-15-9-10-15)28-26(32)33-14-22-19-7-3-1-5-17(19)18-6-2-4-8-20(18)22/h1-8,15-16,21-23H,9-14H2,(H,27,29)(H,28,32)(H,30,31)/t16-,21-,23+/m1/s1. The highest BCUT2D eigenvalue weighted by Crippen LogP contribution is 2.44. The summed E-state index contributed by atoms with van der Waals surface area (Å²) in [7, 11) is 0. The smallest absolute Gasteiger partial charge is 0.407 e. The van der Waals surface area contributed by atoms with Gasteiger partial charge in [-0.25, -0.2) is 4.79 Å². The van der Waals surface area contributed by atoms with Gasteiger partial charge in [0, 0.05) is 12.5 Å². The van der Waals surface area contributed by atoms with Crippen LogP contribution in [0.5, 0.6) is 0 Å². The average molecular weight is 449 g/mol. The lowest BCUT2D eigenvalue weighted by Crippen LogP contribution is -2.48. The number of aliphatic carboxylic acids is 1. The molecule has 2 amide bonds. The summed E-state index contributed by atoms with van der Waals surface area (Å²) in [6.07, 6.45) is 2.67. The summed E-state index contributed by atoms with van der Waals surface area (Å²) >= 11 is 0. The highest BCUT2D eigenvalue weighted by molar-refractivity contribution is 5.86. The maximum absolute atomic E-state index is 12.7. The van der Waals surface area contributed by atoms with Crippen LogP contribution in [0.15, 0.2) is 48.5 Å².